The van der Waals surface area contributed by atoms with Crippen molar-refractivity contribution < 1.29 is 9.59 Å². The van der Waals surface area contributed by atoms with Crippen LogP contribution in [0.2, 0.25) is 0 Å². The molecular weight excluding hydrogens is 272 g/mol. The van der Waals surface area contributed by atoms with Crippen LogP contribution in [0.15, 0.2) is 30.3 Å². The van der Waals surface area contributed by atoms with Crippen LogP contribution in [0.5, 0.6) is 0 Å². The second-order valence-corrected chi connectivity index (χ2v) is 6.47. The summed E-state index contributed by atoms with van der Waals surface area (Å²) in [5.74, 6) is 1.64. The van der Waals surface area contributed by atoms with Crippen LogP contribution in [0.3, 0.4) is 0 Å². The van der Waals surface area contributed by atoms with Gasteiger partial charge in [-0.25, -0.2) is 4.79 Å². The summed E-state index contributed by atoms with van der Waals surface area (Å²) >= 11 is 1.74. The molecule has 1 aromatic rings. The van der Waals surface area contributed by atoms with Gasteiger partial charge in [0.15, 0.2) is 0 Å². The Kier molecular flexibility index (Phi) is 3.70. The highest BCUT2D eigenvalue weighted by Gasteiger charge is 2.52. The van der Waals surface area contributed by atoms with Gasteiger partial charge in [0, 0.05) is 12.3 Å². The smallest absolute Gasteiger partial charge is 0.322 e. The zero-order valence-corrected chi connectivity index (χ0v) is 12.1. The fourth-order valence-corrected chi connectivity index (χ4v) is 4.12. The number of amides is 3. The number of thioether (sulfide) groups is 1. The van der Waals surface area contributed by atoms with Crippen LogP contribution in [0.1, 0.15) is 18.4 Å². The van der Waals surface area contributed by atoms with Crippen molar-refractivity contribution in [3.8, 4) is 0 Å². The van der Waals surface area contributed by atoms with Crippen molar-refractivity contribution in [2.75, 3.05) is 18.1 Å². The summed E-state index contributed by atoms with van der Waals surface area (Å²) in [5.41, 5.74) is 0.639. The minimum atomic E-state index is -0.603. The number of hydrogen-bond donors (Lipinski definition) is 1. The zero-order valence-electron chi connectivity index (χ0n) is 11.3. The summed E-state index contributed by atoms with van der Waals surface area (Å²) in [7, 11) is 0. The minimum Gasteiger partial charge on any atom is -0.322 e. The normalized spacial score (nSPS) is 25.5. The summed E-state index contributed by atoms with van der Waals surface area (Å²) < 4.78 is 0. The fraction of sp³-hybridized carbons (Fsp3) is 0.467. The lowest BCUT2D eigenvalue weighted by Gasteiger charge is -2.19. The van der Waals surface area contributed by atoms with E-state index in [1.165, 1.54) is 10.5 Å². The molecule has 5 heteroatoms. The molecule has 0 bridgehead atoms. The van der Waals surface area contributed by atoms with E-state index in [2.05, 4.69) is 17.4 Å². The lowest BCUT2D eigenvalue weighted by atomic mass is 9.99. The number of carbonyl (C=O) groups excluding carboxylic acids is 2. The molecule has 0 unspecified atom stereocenters. The third-order valence-electron chi connectivity index (χ3n) is 3.96. The second-order valence-electron chi connectivity index (χ2n) is 5.36. The van der Waals surface area contributed by atoms with Gasteiger partial charge in [0.25, 0.3) is 5.91 Å². The van der Waals surface area contributed by atoms with Crippen LogP contribution >= 0.6 is 11.8 Å². The van der Waals surface area contributed by atoms with Crippen LogP contribution in [0.4, 0.5) is 4.79 Å². The molecule has 0 saturated carbocycles. The summed E-state index contributed by atoms with van der Waals surface area (Å²) in [6.45, 7) is 0.506. The maximum atomic E-state index is 12.4. The van der Waals surface area contributed by atoms with Crippen molar-refractivity contribution in [3.05, 3.63) is 35.9 Å². The molecule has 2 fully saturated rings. The number of benzene rings is 1. The first-order valence-corrected chi connectivity index (χ1v) is 8.13. The van der Waals surface area contributed by atoms with Gasteiger partial charge in [-0.2, -0.15) is 11.8 Å². The van der Waals surface area contributed by atoms with Gasteiger partial charge >= 0.3 is 6.03 Å². The monoisotopic (exact) mass is 290 g/mol. The van der Waals surface area contributed by atoms with Crippen molar-refractivity contribution in [2.45, 2.75) is 24.8 Å². The first-order valence-electron chi connectivity index (χ1n) is 6.97. The van der Waals surface area contributed by atoms with Gasteiger partial charge in [-0.1, -0.05) is 30.3 Å². The Bertz CT molecular complexity index is 512. The lowest BCUT2D eigenvalue weighted by molar-refractivity contribution is -0.130. The number of nitrogens with zero attached hydrogens (tertiary/aromatic N) is 1. The van der Waals surface area contributed by atoms with E-state index >= 15 is 0 Å². The molecule has 1 aromatic carbocycles. The van der Waals surface area contributed by atoms with Gasteiger partial charge in [0.2, 0.25) is 0 Å². The lowest BCUT2D eigenvalue weighted by Crippen LogP contribution is -2.47. The number of imide groups is 1. The van der Waals surface area contributed by atoms with Crippen molar-refractivity contribution in [2.24, 2.45) is 0 Å². The summed E-state index contributed by atoms with van der Waals surface area (Å²) in [6.07, 6.45) is 2.46. The predicted octanol–water partition coefficient (Wildman–Crippen LogP) is 2.05. The highest BCUT2D eigenvalue weighted by molar-refractivity contribution is 7.99. The minimum absolute atomic E-state index is 0.0273. The highest BCUT2D eigenvalue weighted by Crippen LogP contribution is 2.33. The number of aryl methyl sites for hydroxylation is 1. The molecule has 0 aliphatic carbocycles. The molecule has 0 radical (unpaired) electrons. The Balaban J connectivity index is 1.58. The third-order valence-corrected chi connectivity index (χ3v) is 5.15. The van der Waals surface area contributed by atoms with Gasteiger partial charge in [0.1, 0.15) is 5.54 Å². The number of carbonyl (C=O) groups is 2. The topological polar surface area (TPSA) is 49.4 Å². The molecule has 3 rings (SSSR count). The molecule has 3 amide bonds. The summed E-state index contributed by atoms with van der Waals surface area (Å²) in [4.78, 5) is 25.8. The molecule has 106 valence electrons. The maximum absolute atomic E-state index is 12.4. The van der Waals surface area contributed by atoms with Crippen LogP contribution < -0.4 is 5.32 Å². The molecule has 4 nitrogen and oxygen atoms in total. The Morgan fingerprint density at radius 1 is 1.25 bits per heavy atom. The van der Waals surface area contributed by atoms with Crippen LogP contribution in [0.25, 0.3) is 0 Å². The highest BCUT2D eigenvalue weighted by atomic mass is 32.2. The van der Waals surface area contributed by atoms with Gasteiger partial charge in [-0.15, -0.1) is 0 Å². The van der Waals surface area contributed by atoms with Crippen molar-refractivity contribution in [1.29, 1.82) is 0 Å². The van der Waals surface area contributed by atoms with E-state index in [1.807, 2.05) is 18.2 Å². The van der Waals surface area contributed by atoms with Gasteiger partial charge < -0.3 is 5.32 Å². The number of rotatable bonds is 4. The molecule has 2 saturated heterocycles. The van der Waals surface area contributed by atoms with Crippen LogP contribution in [-0.2, 0) is 11.2 Å². The molecule has 2 aliphatic rings. The Morgan fingerprint density at radius 2 is 2.05 bits per heavy atom. The summed E-state index contributed by atoms with van der Waals surface area (Å²) in [5, 5.41) is 2.89. The Morgan fingerprint density at radius 3 is 2.75 bits per heavy atom. The third kappa shape index (κ3) is 2.42. The predicted molar refractivity (Wildman–Crippen MR) is 79.7 cm³/mol. The van der Waals surface area contributed by atoms with Crippen molar-refractivity contribution in [1.82, 2.24) is 10.2 Å². The number of hydrogen-bond acceptors (Lipinski definition) is 3. The largest absolute Gasteiger partial charge is 0.325 e. The molecule has 1 spiro atoms. The standard InChI is InChI=1S/C15H18N2O2S/c18-13-15(8-10-20-11-15)16-14(19)17(13)9-4-7-12-5-2-1-3-6-12/h1-3,5-6H,4,7-11H2,(H,16,19)/t15-/m0/s1. The van der Waals surface area contributed by atoms with E-state index < -0.39 is 5.54 Å². The molecule has 1 N–H and O–H groups in total. The molecule has 2 aliphatic heterocycles. The molecule has 1 atom stereocenters. The van der Waals surface area contributed by atoms with Gasteiger partial charge in [0.05, 0.1) is 0 Å². The molecule has 2 heterocycles. The van der Waals surface area contributed by atoms with E-state index in [9.17, 15) is 9.59 Å². The number of nitrogens with one attached hydrogen (secondary N) is 1. The fourth-order valence-electron chi connectivity index (χ4n) is 2.80. The average molecular weight is 290 g/mol. The van der Waals surface area contributed by atoms with Crippen molar-refractivity contribution in [3.63, 3.8) is 0 Å². The van der Waals surface area contributed by atoms with Gasteiger partial charge in [-0.05, 0) is 30.6 Å². The van der Waals surface area contributed by atoms with E-state index in [-0.39, 0.29) is 11.9 Å². The van der Waals surface area contributed by atoms with E-state index in [1.54, 1.807) is 11.8 Å². The van der Waals surface area contributed by atoms with Gasteiger partial charge in [-0.3, -0.25) is 9.69 Å². The Labute approximate surface area is 122 Å². The van der Waals surface area contributed by atoms with E-state index in [0.29, 0.717) is 12.3 Å². The molecular formula is C15H18N2O2S. The quantitative estimate of drug-likeness (QED) is 0.863. The van der Waals surface area contributed by atoms with Crippen LogP contribution in [0, 0.1) is 0 Å². The van der Waals surface area contributed by atoms with E-state index in [4.69, 9.17) is 0 Å². The zero-order chi connectivity index (χ0) is 14.0. The molecule has 20 heavy (non-hydrogen) atoms. The SMILES string of the molecule is O=C1N[C@]2(CCSC2)C(=O)N1CCCc1ccccc1. The summed E-state index contributed by atoms with van der Waals surface area (Å²) in [6, 6.07) is 9.93. The first-order chi connectivity index (χ1) is 9.71. The maximum Gasteiger partial charge on any atom is 0.325 e. The first kappa shape index (κ1) is 13.5. The van der Waals surface area contributed by atoms with E-state index in [0.717, 1.165) is 25.0 Å². The Hall–Kier alpha value is -1.49. The van der Waals surface area contributed by atoms with Crippen molar-refractivity contribution >= 4 is 23.7 Å². The molecule has 0 aromatic heterocycles. The average Bonchev–Trinajstić information content (AvgIpc) is 3.01. The number of urea groups is 1. The second kappa shape index (κ2) is 5.48. The van der Waals surface area contributed by atoms with Crippen LogP contribution in [-0.4, -0.2) is 40.4 Å².